The predicted octanol–water partition coefficient (Wildman–Crippen LogP) is 3.39. The number of nitrogens with zero attached hydrogens (tertiary/aromatic N) is 1. The molecule has 0 atom stereocenters. The summed E-state index contributed by atoms with van der Waals surface area (Å²) in [6, 6.07) is 7.89. The van der Waals surface area contributed by atoms with Gasteiger partial charge in [0.1, 0.15) is 0 Å². The number of hydrogen-bond donors (Lipinski definition) is 1. The maximum absolute atomic E-state index is 5.90. The van der Waals surface area contributed by atoms with Crippen LogP contribution >= 0.6 is 0 Å². The van der Waals surface area contributed by atoms with Crippen molar-refractivity contribution in [2.75, 3.05) is 24.2 Å². The standard InChI is InChI=1S/C15H20N2/c1-3-4-5-6-7-10-13-17(2)15-12-9-8-11-14(15)16/h3-12H,13,16H2,1-2H3/b4-3-,6-5-,10-7+. The Balaban J connectivity index is 2.50. The average molecular weight is 228 g/mol. The fourth-order valence-electron chi connectivity index (χ4n) is 1.47. The highest BCUT2D eigenvalue weighted by molar-refractivity contribution is 5.67. The van der Waals surface area contributed by atoms with E-state index < -0.39 is 0 Å². The molecule has 1 aromatic carbocycles. The van der Waals surface area contributed by atoms with Crippen LogP contribution in [0.4, 0.5) is 11.4 Å². The molecule has 0 radical (unpaired) electrons. The fraction of sp³-hybridized carbons (Fsp3) is 0.200. The molecule has 0 heterocycles. The van der Waals surface area contributed by atoms with Gasteiger partial charge in [0.2, 0.25) is 0 Å². The van der Waals surface area contributed by atoms with Crippen molar-refractivity contribution in [2.45, 2.75) is 6.92 Å². The number of likely N-dealkylation sites (N-methyl/N-ethyl adjacent to an activating group) is 1. The summed E-state index contributed by atoms with van der Waals surface area (Å²) >= 11 is 0. The third kappa shape index (κ3) is 4.60. The monoisotopic (exact) mass is 228 g/mol. The maximum atomic E-state index is 5.90. The number of benzene rings is 1. The first-order valence-electron chi connectivity index (χ1n) is 5.76. The molecule has 0 saturated heterocycles. The van der Waals surface area contributed by atoms with Crippen molar-refractivity contribution in [1.29, 1.82) is 0 Å². The molecule has 0 aromatic heterocycles. The van der Waals surface area contributed by atoms with Crippen LogP contribution in [0.5, 0.6) is 0 Å². The number of para-hydroxylation sites is 2. The molecule has 2 N–H and O–H groups in total. The van der Waals surface area contributed by atoms with Gasteiger partial charge in [0, 0.05) is 13.6 Å². The van der Waals surface area contributed by atoms with Crippen LogP contribution in [0.2, 0.25) is 0 Å². The Labute approximate surface area is 104 Å². The summed E-state index contributed by atoms with van der Waals surface area (Å²) in [5.41, 5.74) is 7.78. The molecule has 0 spiro atoms. The lowest BCUT2D eigenvalue weighted by Gasteiger charge is -2.18. The molecule has 0 fully saturated rings. The molecule has 0 aliphatic rings. The van der Waals surface area contributed by atoms with Crippen LogP contribution in [-0.4, -0.2) is 13.6 Å². The van der Waals surface area contributed by atoms with Gasteiger partial charge in [-0.3, -0.25) is 0 Å². The van der Waals surface area contributed by atoms with Gasteiger partial charge < -0.3 is 10.6 Å². The van der Waals surface area contributed by atoms with Gasteiger partial charge in [0.05, 0.1) is 11.4 Å². The summed E-state index contributed by atoms with van der Waals surface area (Å²) in [5.74, 6) is 0. The van der Waals surface area contributed by atoms with Crippen molar-refractivity contribution in [2.24, 2.45) is 0 Å². The third-order valence-electron chi connectivity index (χ3n) is 2.39. The number of hydrogen-bond acceptors (Lipinski definition) is 2. The summed E-state index contributed by atoms with van der Waals surface area (Å²) in [7, 11) is 2.03. The Hall–Kier alpha value is -1.96. The highest BCUT2D eigenvalue weighted by atomic mass is 15.1. The lowest BCUT2D eigenvalue weighted by Crippen LogP contribution is -2.17. The minimum atomic E-state index is 0.813. The van der Waals surface area contributed by atoms with Gasteiger partial charge in [0.15, 0.2) is 0 Å². The zero-order valence-electron chi connectivity index (χ0n) is 10.5. The van der Waals surface area contributed by atoms with Gasteiger partial charge in [0.25, 0.3) is 0 Å². The molecule has 1 rings (SSSR count). The smallest absolute Gasteiger partial charge is 0.0600 e. The van der Waals surface area contributed by atoms with Crippen LogP contribution in [-0.2, 0) is 0 Å². The second-order valence-corrected chi connectivity index (χ2v) is 3.78. The second-order valence-electron chi connectivity index (χ2n) is 3.78. The van der Waals surface area contributed by atoms with E-state index >= 15 is 0 Å². The normalized spacial score (nSPS) is 11.9. The van der Waals surface area contributed by atoms with E-state index in [1.807, 2.05) is 68.6 Å². The first kappa shape index (κ1) is 13.1. The van der Waals surface area contributed by atoms with Gasteiger partial charge in [-0.15, -0.1) is 0 Å². The molecule has 0 amide bonds. The van der Waals surface area contributed by atoms with Gasteiger partial charge >= 0.3 is 0 Å². The SMILES string of the molecule is C\C=C/C=C\C=C\CN(C)c1ccccc1N. The first-order chi connectivity index (χ1) is 8.25. The zero-order valence-corrected chi connectivity index (χ0v) is 10.5. The first-order valence-corrected chi connectivity index (χ1v) is 5.76. The Morgan fingerprint density at radius 2 is 1.82 bits per heavy atom. The Bertz CT molecular complexity index is 417. The minimum Gasteiger partial charge on any atom is -0.397 e. The third-order valence-corrected chi connectivity index (χ3v) is 2.39. The number of nitrogens with two attached hydrogens (primary N) is 1. The van der Waals surface area contributed by atoms with Crippen LogP contribution in [0.1, 0.15) is 6.92 Å². The van der Waals surface area contributed by atoms with Gasteiger partial charge in [-0.1, -0.05) is 48.6 Å². The lowest BCUT2D eigenvalue weighted by atomic mass is 10.2. The van der Waals surface area contributed by atoms with Gasteiger partial charge in [-0.05, 0) is 19.1 Å². The Kier molecular flexibility index (Phi) is 5.66. The summed E-state index contributed by atoms with van der Waals surface area (Å²) in [4.78, 5) is 2.12. The molecule has 1 aromatic rings. The molecule has 90 valence electrons. The van der Waals surface area contributed by atoms with Crippen LogP contribution in [0.25, 0.3) is 0 Å². The summed E-state index contributed by atoms with van der Waals surface area (Å²) < 4.78 is 0. The fourth-order valence-corrected chi connectivity index (χ4v) is 1.47. The lowest BCUT2D eigenvalue weighted by molar-refractivity contribution is 1.03. The molecule has 0 aliphatic heterocycles. The van der Waals surface area contributed by atoms with E-state index in [2.05, 4.69) is 11.0 Å². The molecule has 0 unspecified atom stereocenters. The van der Waals surface area contributed by atoms with Crippen molar-refractivity contribution in [3.8, 4) is 0 Å². The number of anilines is 2. The second kappa shape index (κ2) is 7.34. The molecule has 17 heavy (non-hydrogen) atoms. The number of rotatable bonds is 5. The largest absolute Gasteiger partial charge is 0.397 e. The summed E-state index contributed by atoms with van der Waals surface area (Å²) in [6.45, 7) is 2.84. The Morgan fingerprint density at radius 3 is 2.53 bits per heavy atom. The van der Waals surface area contributed by atoms with Crippen LogP contribution in [0, 0.1) is 0 Å². The van der Waals surface area contributed by atoms with Crippen LogP contribution in [0.3, 0.4) is 0 Å². The van der Waals surface area contributed by atoms with Crippen molar-refractivity contribution in [1.82, 2.24) is 0 Å². The zero-order chi connectivity index (χ0) is 12.5. The molecule has 0 aliphatic carbocycles. The van der Waals surface area contributed by atoms with Crippen molar-refractivity contribution >= 4 is 11.4 Å². The molecule has 2 heteroatoms. The van der Waals surface area contributed by atoms with E-state index in [0.29, 0.717) is 0 Å². The van der Waals surface area contributed by atoms with Crippen molar-refractivity contribution in [3.63, 3.8) is 0 Å². The highest BCUT2D eigenvalue weighted by Crippen LogP contribution is 2.20. The van der Waals surface area contributed by atoms with Gasteiger partial charge in [-0.25, -0.2) is 0 Å². The van der Waals surface area contributed by atoms with E-state index in [4.69, 9.17) is 5.73 Å². The molecule has 0 saturated carbocycles. The van der Waals surface area contributed by atoms with Crippen LogP contribution in [0.15, 0.2) is 60.7 Å². The van der Waals surface area contributed by atoms with E-state index in [1.54, 1.807) is 0 Å². The van der Waals surface area contributed by atoms with Crippen molar-refractivity contribution in [3.05, 3.63) is 60.7 Å². The quantitative estimate of drug-likeness (QED) is 0.618. The summed E-state index contributed by atoms with van der Waals surface area (Å²) in [5, 5.41) is 0. The summed E-state index contributed by atoms with van der Waals surface area (Å²) in [6.07, 6.45) is 12.2. The topological polar surface area (TPSA) is 29.3 Å². The van der Waals surface area contributed by atoms with E-state index in [1.165, 1.54) is 0 Å². The number of allylic oxidation sites excluding steroid dienone is 5. The molecule has 2 nitrogen and oxygen atoms in total. The van der Waals surface area contributed by atoms with E-state index in [0.717, 1.165) is 17.9 Å². The van der Waals surface area contributed by atoms with Gasteiger partial charge in [-0.2, -0.15) is 0 Å². The number of nitrogen functional groups attached to an aromatic ring is 1. The van der Waals surface area contributed by atoms with E-state index in [-0.39, 0.29) is 0 Å². The Morgan fingerprint density at radius 1 is 1.12 bits per heavy atom. The predicted molar refractivity (Wildman–Crippen MR) is 77.2 cm³/mol. The van der Waals surface area contributed by atoms with Crippen molar-refractivity contribution < 1.29 is 0 Å². The maximum Gasteiger partial charge on any atom is 0.0600 e. The average Bonchev–Trinajstić information content (AvgIpc) is 2.34. The molecule has 0 bridgehead atoms. The molecular formula is C15H20N2. The minimum absolute atomic E-state index is 0.813. The highest BCUT2D eigenvalue weighted by Gasteiger charge is 2.00. The van der Waals surface area contributed by atoms with Crippen LogP contribution < -0.4 is 10.6 Å². The van der Waals surface area contributed by atoms with E-state index in [9.17, 15) is 0 Å². The molecular weight excluding hydrogens is 208 g/mol.